The van der Waals surface area contributed by atoms with Crippen molar-refractivity contribution in [3.63, 3.8) is 0 Å². The van der Waals surface area contributed by atoms with Crippen molar-refractivity contribution >= 4 is 11.4 Å². The maximum Gasteiger partial charge on any atom is 0.0492 e. The van der Waals surface area contributed by atoms with Crippen molar-refractivity contribution in [1.29, 1.82) is 0 Å². The average Bonchev–Trinajstić information content (AvgIpc) is 2.78. The van der Waals surface area contributed by atoms with Crippen LogP contribution in [0.3, 0.4) is 0 Å². The summed E-state index contributed by atoms with van der Waals surface area (Å²) in [6, 6.07) is 10.1. The minimum Gasteiger partial charge on any atom is -0.399 e. The summed E-state index contributed by atoms with van der Waals surface area (Å²) in [5, 5.41) is 4.19. The molecule has 0 saturated carbocycles. The van der Waals surface area contributed by atoms with E-state index < -0.39 is 0 Å². The number of rotatable bonds is 5. The molecule has 2 rings (SSSR count). The molecule has 96 valence electrons. The zero-order valence-electron chi connectivity index (χ0n) is 11.0. The summed E-state index contributed by atoms with van der Waals surface area (Å²) >= 11 is 0. The Morgan fingerprint density at radius 1 is 1.22 bits per heavy atom. The number of hydrogen-bond acceptors (Lipinski definition) is 3. The maximum atomic E-state index is 5.71. The molecule has 4 nitrogen and oxygen atoms in total. The van der Waals surface area contributed by atoms with Crippen molar-refractivity contribution in [2.75, 3.05) is 23.7 Å². The summed E-state index contributed by atoms with van der Waals surface area (Å²) in [6.07, 6.45) is 2.84. The van der Waals surface area contributed by atoms with Crippen molar-refractivity contribution in [2.45, 2.75) is 13.3 Å². The van der Waals surface area contributed by atoms with Crippen molar-refractivity contribution in [2.24, 2.45) is 7.05 Å². The van der Waals surface area contributed by atoms with Crippen LogP contribution < -0.4 is 10.6 Å². The number of likely N-dealkylation sites (N-methyl/N-ethyl adjacent to an activating group) is 1. The summed E-state index contributed by atoms with van der Waals surface area (Å²) in [7, 11) is 1.98. The van der Waals surface area contributed by atoms with Crippen LogP contribution in [0, 0.1) is 0 Å². The molecule has 0 saturated heterocycles. The Labute approximate surface area is 108 Å². The third-order valence-electron chi connectivity index (χ3n) is 3.20. The number of nitrogens with zero attached hydrogens (tertiary/aromatic N) is 3. The van der Waals surface area contributed by atoms with E-state index in [1.807, 2.05) is 30.1 Å². The molecule has 0 amide bonds. The Kier molecular flexibility index (Phi) is 3.87. The van der Waals surface area contributed by atoms with Crippen LogP contribution in [0.15, 0.2) is 36.5 Å². The molecule has 0 fully saturated rings. The normalized spacial score (nSPS) is 10.6. The van der Waals surface area contributed by atoms with Gasteiger partial charge in [-0.3, -0.25) is 4.68 Å². The van der Waals surface area contributed by atoms with Crippen molar-refractivity contribution < 1.29 is 0 Å². The molecule has 0 radical (unpaired) electrons. The predicted molar refractivity (Wildman–Crippen MR) is 75.7 cm³/mol. The van der Waals surface area contributed by atoms with Gasteiger partial charge in [-0.25, -0.2) is 0 Å². The summed E-state index contributed by atoms with van der Waals surface area (Å²) in [5.41, 5.74) is 8.99. The number of aromatic nitrogens is 2. The Bertz CT molecular complexity index is 487. The molecule has 2 N–H and O–H groups in total. The van der Waals surface area contributed by atoms with Gasteiger partial charge in [0.1, 0.15) is 0 Å². The minimum atomic E-state index is 0.807. The van der Waals surface area contributed by atoms with Gasteiger partial charge in [-0.1, -0.05) is 0 Å². The second-order valence-corrected chi connectivity index (χ2v) is 4.37. The molecule has 2 aromatic rings. The van der Waals surface area contributed by atoms with E-state index >= 15 is 0 Å². The van der Waals surface area contributed by atoms with Crippen LogP contribution in [-0.4, -0.2) is 22.9 Å². The first-order valence-electron chi connectivity index (χ1n) is 6.28. The first-order valence-corrected chi connectivity index (χ1v) is 6.28. The molecular weight excluding hydrogens is 224 g/mol. The zero-order valence-corrected chi connectivity index (χ0v) is 11.0. The molecule has 1 aromatic carbocycles. The molecule has 0 spiro atoms. The van der Waals surface area contributed by atoms with E-state index in [0.717, 1.165) is 25.2 Å². The highest BCUT2D eigenvalue weighted by molar-refractivity contribution is 5.53. The second-order valence-electron chi connectivity index (χ2n) is 4.37. The van der Waals surface area contributed by atoms with Crippen LogP contribution in [0.5, 0.6) is 0 Å². The van der Waals surface area contributed by atoms with Crippen molar-refractivity contribution in [3.8, 4) is 0 Å². The fourth-order valence-corrected chi connectivity index (χ4v) is 2.05. The lowest BCUT2D eigenvalue weighted by molar-refractivity contribution is 0.690. The quantitative estimate of drug-likeness (QED) is 0.819. The smallest absolute Gasteiger partial charge is 0.0492 e. The third kappa shape index (κ3) is 2.83. The number of nitrogen functional groups attached to an aromatic ring is 1. The van der Waals surface area contributed by atoms with Gasteiger partial charge in [0.2, 0.25) is 0 Å². The Morgan fingerprint density at radius 2 is 1.94 bits per heavy atom. The van der Waals surface area contributed by atoms with E-state index in [0.29, 0.717) is 0 Å². The van der Waals surface area contributed by atoms with Gasteiger partial charge in [0.25, 0.3) is 0 Å². The van der Waals surface area contributed by atoms with E-state index in [2.05, 4.69) is 35.1 Å². The highest BCUT2D eigenvalue weighted by Crippen LogP contribution is 2.16. The minimum absolute atomic E-state index is 0.807. The second kappa shape index (κ2) is 5.58. The third-order valence-corrected chi connectivity index (χ3v) is 3.20. The molecule has 1 heterocycles. The molecule has 18 heavy (non-hydrogen) atoms. The van der Waals surface area contributed by atoms with Crippen LogP contribution in [0.25, 0.3) is 0 Å². The predicted octanol–water partition coefficient (Wildman–Crippen LogP) is 2.07. The van der Waals surface area contributed by atoms with Crippen LogP contribution >= 0.6 is 0 Å². The summed E-state index contributed by atoms with van der Waals surface area (Å²) in [6.45, 7) is 4.14. The van der Waals surface area contributed by atoms with E-state index in [9.17, 15) is 0 Å². The Balaban J connectivity index is 2.01. The van der Waals surface area contributed by atoms with Gasteiger partial charge in [-0.2, -0.15) is 5.10 Å². The molecule has 0 bridgehead atoms. The van der Waals surface area contributed by atoms with E-state index in [-0.39, 0.29) is 0 Å². The van der Waals surface area contributed by atoms with E-state index in [1.165, 1.54) is 11.4 Å². The number of nitrogens with two attached hydrogens (primary N) is 1. The average molecular weight is 244 g/mol. The van der Waals surface area contributed by atoms with Crippen LogP contribution in [0.1, 0.15) is 12.6 Å². The van der Waals surface area contributed by atoms with E-state index in [4.69, 9.17) is 5.73 Å². The lowest BCUT2D eigenvalue weighted by Gasteiger charge is -2.23. The van der Waals surface area contributed by atoms with Crippen LogP contribution in [-0.2, 0) is 13.5 Å². The number of aryl methyl sites for hydroxylation is 1. The highest BCUT2D eigenvalue weighted by Gasteiger charge is 2.06. The zero-order chi connectivity index (χ0) is 13.0. The van der Waals surface area contributed by atoms with Gasteiger partial charge >= 0.3 is 0 Å². The maximum absolute atomic E-state index is 5.71. The Hall–Kier alpha value is -1.97. The fraction of sp³-hybridized carbons (Fsp3) is 0.357. The Morgan fingerprint density at radius 3 is 2.50 bits per heavy atom. The summed E-state index contributed by atoms with van der Waals surface area (Å²) < 4.78 is 1.93. The van der Waals surface area contributed by atoms with Crippen molar-refractivity contribution in [3.05, 3.63) is 42.2 Å². The van der Waals surface area contributed by atoms with Gasteiger partial charge in [-0.15, -0.1) is 0 Å². The number of anilines is 2. The number of benzene rings is 1. The molecule has 0 aliphatic carbocycles. The first-order chi connectivity index (χ1) is 8.70. The van der Waals surface area contributed by atoms with Crippen molar-refractivity contribution in [1.82, 2.24) is 9.78 Å². The molecule has 0 atom stereocenters. The first kappa shape index (κ1) is 12.5. The monoisotopic (exact) mass is 244 g/mol. The number of hydrogen-bond donors (Lipinski definition) is 1. The molecule has 0 aliphatic heterocycles. The van der Waals surface area contributed by atoms with Gasteiger partial charge < -0.3 is 10.6 Å². The van der Waals surface area contributed by atoms with Gasteiger partial charge in [-0.05, 0) is 37.3 Å². The lowest BCUT2D eigenvalue weighted by Crippen LogP contribution is -2.25. The van der Waals surface area contributed by atoms with Gasteiger partial charge in [0.15, 0.2) is 0 Å². The standard InChI is InChI=1S/C14H20N4/c1-3-18(14-6-4-12(15)5-7-14)11-9-13-8-10-16-17(13)2/h4-8,10H,3,9,11,15H2,1-2H3. The topological polar surface area (TPSA) is 47.1 Å². The highest BCUT2D eigenvalue weighted by atomic mass is 15.3. The van der Waals surface area contributed by atoms with Gasteiger partial charge in [0, 0.05) is 49.8 Å². The SMILES string of the molecule is CCN(CCc1ccnn1C)c1ccc(N)cc1. The lowest BCUT2D eigenvalue weighted by atomic mass is 10.2. The molecular formula is C14H20N4. The van der Waals surface area contributed by atoms with Crippen LogP contribution in [0.4, 0.5) is 11.4 Å². The summed E-state index contributed by atoms with van der Waals surface area (Å²) in [4.78, 5) is 2.34. The molecule has 4 heteroatoms. The van der Waals surface area contributed by atoms with E-state index in [1.54, 1.807) is 0 Å². The molecule has 1 aromatic heterocycles. The van der Waals surface area contributed by atoms with Crippen LogP contribution in [0.2, 0.25) is 0 Å². The van der Waals surface area contributed by atoms with Gasteiger partial charge in [0.05, 0.1) is 0 Å². The summed E-state index contributed by atoms with van der Waals surface area (Å²) in [5.74, 6) is 0. The largest absolute Gasteiger partial charge is 0.399 e. The molecule has 0 aliphatic rings. The fourth-order valence-electron chi connectivity index (χ4n) is 2.05. The molecule has 0 unspecified atom stereocenters.